The number of aromatic hydroxyl groups is 2. The zero-order valence-electron chi connectivity index (χ0n) is 25.5. The van der Waals surface area contributed by atoms with E-state index in [2.05, 4.69) is 55.4 Å². The molecule has 0 saturated carbocycles. The zero-order valence-corrected chi connectivity index (χ0v) is 25.5. The number of phenolic OH excluding ortho intramolecular Hbond substituents is 2. The summed E-state index contributed by atoms with van der Waals surface area (Å²) < 4.78 is 0. The lowest BCUT2D eigenvalue weighted by Crippen LogP contribution is -2.20. The van der Waals surface area contributed by atoms with Crippen LogP contribution in [0.4, 0.5) is 11.4 Å². The van der Waals surface area contributed by atoms with E-state index in [1.165, 1.54) is 0 Å². The molecule has 0 fully saturated rings. The molecule has 1 heterocycles. The van der Waals surface area contributed by atoms with Gasteiger partial charge in [-0.05, 0) is 58.4 Å². The fourth-order valence-corrected chi connectivity index (χ4v) is 4.41. The Balaban J connectivity index is 1.91. The summed E-state index contributed by atoms with van der Waals surface area (Å²) in [5, 5.41) is 22.4. The van der Waals surface area contributed by atoms with Gasteiger partial charge in [-0.3, -0.25) is 20.0 Å². The number of hydrogen-bond acceptors (Lipinski definition) is 6. The third-order valence-corrected chi connectivity index (χ3v) is 7.14. The normalized spacial score (nSPS) is 15.6. The summed E-state index contributed by atoms with van der Waals surface area (Å²) in [4.78, 5) is 18.9. The van der Waals surface area contributed by atoms with Gasteiger partial charge in [-0.1, -0.05) is 67.5 Å². The van der Waals surface area contributed by atoms with Crippen LogP contribution in [0.5, 0.6) is 11.5 Å². The van der Waals surface area contributed by atoms with E-state index in [1.807, 2.05) is 48.5 Å². The van der Waals surface area contributed by atoms with Gasteiger partial charge in [0.1, 0.15) is 11.5 Å². The Bertz CT molecular complexity index is 1430. The topological polar surface area (TPSA) is 89.9 Å². The largest absolute Gasteiger partial charge is 0.507 e. The monoisotopic (exact) mass is 550 g/mol. The number of nitrogens with zero attached hydrogens (tertiary/aromatic N) is 4. The summed E-state index contributed by atoms with van der Waals surface area (Å²) >= 11 is 0. The number of phenols is 2. The summed E-state index contributed by atoms with van der Waals surface area (Å²) in [5.41, 5.74) is 5.46. The molecule has 0 saturated heterocycles. The van der Waals surface area contributed by atoms with Gasteiger partial charge in [-0.25, -0.2) is 0 Å². The average Bonchev–Trinajstić information content (AvgIpc) is 2.87. The molecule has 2 N–H and O–H groups in total. The van der Waals surface area contributed by atoms with E-state index >= 15 is 0 Å². The van der Waals surface area contributed by atoms with Gasteiger partial charge in [0.2, 0.25) is 0 Å². The smallest absolute Gasteiger partial charge is 0.133 e. The lowest BCUT2D eigenvalue weighted by Gasteiger charge is -2.22. The molecule has 4 bridgehead atoms. The molecule has 4 rings (SSSR count). The molecule has 1 aliphatic heterocycles. The highest BCUT2D eigenvalue weighted by atomic mass is 16.3. The second kappa shape index (κ2) is 11.4. The number of rotatable bonds is 0. The summed E-state index contributed by atoms with van der Waals surface area (Å²) in [7, 11) is 0. The first-order valence-electron chi connectivity index (χ1n) is 14.1. The average molecular weight is 551 g/mol. The van der Waals surface area contributed by atoms with Gasteiger partial charge in [-0.2, -0.15) is 0 Å². The second-order valence-corrected chi connectivity index (χ2v) is 13.6. The van der Waals surface area contributed by atoms with Gasteiger partial charge >= 0.3 is 0 Å². The van der Waals surface area contributed by atoms with E-state index in [4.69, 9.17) is 20.0 Å². The van der Waals surface area contributed by atoms with E-state index in [9.17, 15) is 10.2 Å². The van der Waals surface area contributed by atoms with Gasteiger partial charge < -0.3 is 10.2 Å². The van der Waals surface area contributed by atoms with Crippen LogP contribution in [0.3, 0.4) is 0 Å². The highest BCUT2D eigenvalue weighted by Gasteiger charge is 2.21. The molecule has 41 heavy (non-hydrogen) atoms. The Morgan fingerprint density at radius 2 is 0.927 bits per heavy atom. The van der Waals surface area contributed by atoms with Crippen LogP contribution >= 0.6 is 0 Å². The Morgan fingerprint density at radius 1 is 0.585 bits per heavy atom. The number of hydrogen-bond donors (Lipinski definition) is 2. The molecule has 6 nitrogen and oxygen atoms in total. The van der Waals surface area contributed by atoms with E-state index in [0.29, 0.717) is 46.7 Å². The highest BCUT2D eigenvalue weighted by Crippen LogP contribution is 2.34. The SMILES string of the molecule is CC1(C)CN=Cc2cc(C(C)(C)C)cc(c2O)C=Nc2ccccc2N=Cc2cc(C(C)(C)C)cc(c2O)C=NC1. The first kappa shape index (κ1) is 29.9. The Morgan fingerprint density at radius 3 is 1.27 bits per heavy atom. The van der Waals surface area contributed by atoms with Crippen molar-refractivity contribution >= 4 is 36.2 Å². The fourth-order valence-electron chi connectivity index (χ4n) is 4.41. The zero-order chi connectivity index (χ0) is 30.0. The van der Waals surface area contributed by atoms with Crippen LogP contribution in [0.1, 0.15) is 88.8 Å². The van der Waals surface area contributed by atoms with Crippen molar-refractivity contribution in [1.82, 2.24) is 0 Å². The Labute approximate surface area is 244 Å². The molecule has 1 aliphatic rings. The van der Waals surface area contributed by atoms with Crippen LogP contribution < -0.4 is 0 Å². The third kappa shape index (κ3) is 7.37. The van der Waals surface area contributed by atoms with Crippen molar-refractivity contribution in [2.45, 2.75) is 66.2 Å². The van der Waals surface area contributed by atoms with Crippen molar-refractivity contribution in [1.29, 1.82) is 0 Å². The molecule has 3 aromatic rings. The lowest BCUT2D eigenvalue weighted by molar-refractivity contribution is 0.396. The van der Waals surface area contributed by atoms with Crippen LogP contribution in [-0.2, 0) is 10.8 Å². The van der Waals surface area contributed by atoms with Gasteiger partial charge in [-0.15, -0.1) is 0 Å². The summed E-state index contributed by atoms with van der Waals surface area (Å²) in [6, 6.07) is 15.5. The molecular formula is C35H42N4O2. The second-order valence-electron chi connectivity index (χ2n) is 13.6. The maximum absolute atomic E-state index is 11.2. The minimum atomic E-state index is -0.235. The quantitative estimate of drug-likeness (QED) is 0.296. The first-order valence-corrected chi connectivity index (χ1v) is 14.1. The molecule has 214 valence electrons. The molecule has 0 aromatic heterocycles. The summed E-state index contributed by atoms with van der Waals surface area (Å²) in [5.74, 6) is 0.270. The molecule has 6 heteroatoms. The molecule has 0 aliphatic carbocycles. The predicted molar refractivity (Wildman–Crippen MR) is 173 cm³/mol. The Kier molecular flexibility index (Phi) is 8.34. The van der Waals surface area contributed by atoms with Crippen LogP contribution in [0.15, 0.2) is 68.5 Å². The molecule has 3 aromatic carbocycles. The molecule has 0 atom stereocenters. The van der Waals surface area contributed by atoms with Gasteiger partial charge in [0.15, 0.2) is 0 Å². The first-order chi connectivity index (χ1) is 19.1. The third-order valence-electron chi connectivity index (χ3n) is 7.14. The maximum Gasteiger partial charge on any atom is 0.133 e. The van der Waals surface area contributed by atoms with Crippen LogP contribution in [0, 0.1) is 5.41 Å². The maximum atomic E-state index is 11.2. The standard InChI is InChI=1S/C35H42N4O2/c1-33(2,3)27-13-23-17-36-21-35(7,8)22-37-18-24-14-28(34(4,5)6)16-26(32(24)41)20-39-30-12-10-9-11-29(30)38-19-25(15-27)31(23)40/h9-20,40-41H,21-22H2,1-8H3. The van der Waals surface area contributed by atoms with E-state index in [-0.39, 0.29) is 27.7 Å². The fraction of sp³-hybridized carbons (Fsp3) is 0.371. The van der Waals surface area contributed by atoms with Crippen LogP contribution in [0.25, 0.3) is 0 Å². The van der Waals surface area contributed by atoms with E-state index in [1.54, 1.807) is 24.9 Å². The minimum absolute atomic E-state index is 0.133. The van der Waals surface area contributed by atoms with Crippen molar-refractivity contribution in [3.63, 3.8) is 0 Å². The highest BCUT2D eigenvalue weighted by molar-refractivity contribution is 5.95. The number of benzene rings is 3. The lowest BCUT2D eigenvalue weighted by atomic mass is 9.85. The number of aliphatic imine (C=N–C) groups is 4. The van der Waals surface area contributed by atoms with Crippen LogP contribution in [0.2, 0.25) is 0 Å². The number of para-hydroxylation sites is 2. The summed E-state index contributed by atoms with van der Waals surface area (Å²) in [6.45, 7) is 18.1. The van der Waals surface area contributed by atoms with Crippen molar-refractivity contribution < 1.29 is 10.2 Å². The van der Waals surface area contributed by atoms with Crippen molar-refractivity contribution in [3.05, 3.63) is 81.9 Å². The Hall–Kier alpha value is -4.06. The van der Waals surface area contributed by atoms with E-state index < -0.39 is 0 Å². The molecule has 0 spiro atoms. The van der Waals surface area contributed by atoms with Gasteiger partial charge in [0, 0.05) is 65.6 Å². The minimum Gasteiger partial charge on any atom is -0.507 e. The van der Waals surface area contributed by atoms with Crippen LogP contribution in [-0.4, -0.2) is 48.2 Å². The number of fused-ring (bicyclic) bond motifs is 5. The van der Waals surface area contributed by atoms with Crippen molar-refractivity contribution in [3.8, 4) is 11.5 Å². The van der Waals surface area contributed by atoms with Crippen molar-refractivity contribution in [2.75, 3.05) is 13.1 Å². The predicted octanol–water partition coefficient (Wildman–Crippen LogP) is 8.07. The van der Waals surface area contributed by atoms with Gasteiger partial charge in [0.05, 0.1) is 11.4 Å². The van der Waals surface area contributed by atoms with Crippen molar-refractivity contribution in [2.24, 2.45) is 25.4 Å². The van der Waals surface area contributed by atoms with E-state index in [0.717, 1.165) is 11.1 Å². The molecular weight excluding hydrogens is 508 g/mol. The molecule has 0 amide bonds. The summed E-state index contributed by atoms with van der Waals surface area (Å²) in [6.07, 6.45) is 6.84. The van der Waals surface area contributed by atoms with Gasteiger partial charge in [0.25, 0.3) is 0 Å². The molecule has 0 radical (unpaired) electrons. The molecule has 0 unspecified atom stereocenters.